The van der Waals surface area contributed by atoms with E-state index >= 15 is 0 Å². The number of hydrogen-bond donors (Lipinski definition) is 1. The van der Waals surface area contributed by atoms with Crippen molar-refractivity contribution in [1.29, 1.82) is 0 Å². The first-order chi connectivity index (χ1) is 18.5. The summed E-state index contributed by atoms with van der Waals surface area (Å²) in [6.07, 6.45) is 1.59. The lowest BCUT2D eigenvalue weighted by Gasteiger charge is -2.24. The molecule has 1 aromatic heterocycles. The van der Waals surface area contributed by atoms with Gasteiger partial charge in [-0.3, -0.25) is 9.10 Å². The minimum Gasteiger partial charge on any atom is -0.318 e. The van der Waals surface area contributed by atoms with E-state index in [0.717, 1.165) is 38.1 Å². The Bertz CT molecular complexity index is 1630. The van der Waals surface area contributed by atoms with E-state index < -0.39 is 22.5 Å². The maximum absolute atomic E-state index is 13.5. The van der Waals surface area contributed by atoms with Crippen molar-refractivity contribution >= 4 is 27.8 Å². The lowest BCUT2D eigenvalue weighted by molar-refractivity contribution is -0.119. The number of hydrogen-bond acceptors (Lipinski definition) is 4. The number of carbonyl (C=O) groups excluding carboxylic acids is 1. The van der Waals surface area contributed by atoms with Crippen LogP contribution >= 0.6 is 0 Å². The number of aromatic nitrogens is 1. The summed E-state index contributed by atoms with van der Waals surface area (Å²) >= 11 is 0. The van der Waals surface area contributed by atoms with E-state index in [4.69, 9.17) is 0 Å². The number of nitrogens with one attached hydrogen (secondary N) is 1. The van der Waals surface area contributed by atoms with E-state index in [0.29, 0.717) is 5.69 Å². The van der Waals surface area contributed by atoms with Crippen LogP contribution in [0.25, 0.3) is 5.69 Å². The Kier molecular flexibility index (Phi) is 8.06. The smallest absolute Gasteiger partial charge is 0.264 e. The summed E-state index contributed by atoms with van der Waals surface area (Å²) in [5.74, 6) is -0.549. The number of nitrogens with zero attached hydrogens (tertiary/aromatic N) is 3. The van der Waals surface area contributed by atoms with Crippen LogP contribution in [0, 0.1) is 41.5 Å². The van der Waals surface area contributed by atoms with Crippen LogP contribution in [0.15, 0.2) is 82.8 Å². The zero-order chi connectivity index (χ0) is 28.3. The second-order valence-corrected chi connectivity index (χ2v) is 11.8. The van der Waals surface area contributed by atoms with E-state index in [1.807, 2.05) is 39.8 Å². The van der Waals surface area contributed by atoms with Gasteiger partial charge in [-0.25, -0.2) is 13.8 Å². The van der Waals surface area contributed by atoms with Gasteiger partial charge in [0.15, 0.2) is 0 Å². The van der Waals surface area contributed by atoms with Crippen molar-refractivity contribution in [3.63, 3.8) is 0 Å². The Balaban J connectivity index is 1.57. The molecule has 0 radical (unpaired) electrons. The highest BCUT2D eigenvalue weighted by molar-refractivity contribution is 7.92. The predicted molar refractivity (Wildman–Crippen MR) is 157 cm³/mol. The zero-order valence-electron chi connectivity index (χ0n) is 23.2. The molecule has 0 saturated heterocycles. The Morgan fingerprint density at radius 3 is 2.18 bits per heavy atom. The third-order valence-corrected chi connectivity index (χ3v) is 8.51. The first kappa shape index (κ1) is 27.9. The van der Waals surface area contributed by atoms with Crippen molar-refractivity contribution in [2.75, 3.05) is 10.8 Å². The predicted octanol–water partition coefficient (Wildman–Crippen LogP) is 5.67. The molecule has 0 aliphatic heterocycles. The molecule has 7 nitrogen and oxygen atoms in total. The van der Waals surface area contributed by atoms with Crippen molar-refractivity contribution in [3.8, 4) is 5.69 Å². The van der Waals surface area contributed by atoms with Crippen LogP contribution in [-0.2, 0) is 14.8 Å². The van der Waals surface area contributed by atoms with E-state index in [9.17, 15) is 13.2 Å². The number of carbonyl (C=O) groups is 1. The number of aryl methyl sites for hydroxylation is 5. The van der Waals surface area contributed by atoms with Crippen LogP contribution in [0.1, 0.15) is 39.2 Å². The number of hydrazone groups is 1. The fourth-order valence-electron chi connectivity index (χ4n) is 4.65. The normalized spacial score (nSPS) is 11.6. The Labute approximate surface area is 230 Å². The lowest BCUT2D eigenvalue weighted by Crippen LogP contribution is -2.39. The molecule has 0 bridgehead atoms. The minimum atomic E-state index is -3.99. The van der Waals surface area contributed by atoms with Gasteiger partial charge in [-0.05, 0) is 106 Å². The highest BCUT2D eigenvalue weighted by atomic mass is 32.2. The summed E-state index contributed by atoms with van der Waals surface area (Å²) in [5.41, 5.74) is 11.2. The van der Waals surface area contributed by atoms with Gasteiger partial charge >= 0.3 is 0 Å². The van der Waals surface area contributed by atoms with Crippen molar-refractivity contribution in [2.45, 2.75) is 46.4 Å². The van der Waals surface area contributed by atoms with Gasteiger partial charge in [0, 0.05) is 22.6 Å². The molecule has 0 aliphatic carbocycles. The van der Waals surface area contributed by atoms with Gasteiger partial charge in [-0.1, -0.05) is 30.3 Å². The Hall–Kier alpha value is -4.17. The number of anilines is 1. The van der Waals surface area contributed by atoms with Gasteiger partial charge in [-0.2, -0.15) is 5.10 Å². The maximum atomic E-state index is 13.5. The van der Waals surface area contributed by atoms with Gasteiger partial charge in [0.05, 0.1) is 16.8 Å². The van der Waals surface area contributed by atoms with Crippen molar-refractivity contribution in [3.05, 3.63) is 112 Å². The fourth-order valence-corrected chi connectivity index (χ4v) is 6.08. The monoisotopic (exact) mass is 542 g/mol. The molecule has 1 heterocycles. The molecule has 0 aliphatic rings. The molecule has 202 valence electrons. The molecule has 0 spiro atoms. The third-order valence-electron chi connectivity index (χ3n) is 6.72. The van der Waals surface area contributed by atoms with E-state index in [-0.39, 0.29) is 4.90 Å². The van der Waals surface area contributed by atoms with Crippen LogP contribution in [0.4, 0.5) is 5.69 Å². The van der Waals surface area contributed by atoms with E-state index in [1.165, 1.54) is 23.3 Å². The van der Waals surface area contributed by atoms with Gasteiger partial charge in [0.25, 0.3) is 15.9 Å². The Morgan fingerprint density at radius 1 is 0.872 bits per heavy atom. The molecule has 0 unspecified atom stereocenters. The molecule has 0 fully saturated rings. The average Bonchev–Trinajstić information content (AvgIpc) is 3.16. The lowest BCUT2D eigenvalue weighted by atomic mass is 10.1. The molecule has 1 N–H and O–H groups in total. The summed E-state index contributed by atoms with van der Waals surface area (Å²) < 4.78 is 30.3. The number of benzene rings is 3. The van der Waals surface area contributed by atoms with Crippen LogP contribution in [0.2, 0.25) is 0 Å². The number of amides is 1. The van der Waals surface area contributed by atoms with Gasteiger partial charge in [0.2, 0.25) is 0 Å². The summed E-state index contributed by atoms with van der Waals surface area (Å²) in [5, 5.41) is 4.16. The molecule has 1 amide bonds. The average molecular weight is 543 g/mol. The van der Waals surface area contributed by atoms with Crippen molar-refractivity contribution in [1.82, 2.24) is 9.99 Å². The molecular formula is C31H34N4O3S. The summed E-state index contributed by atoms with van der Waals surface area (Å²) in [6, 6.07) is 21.8. The van der Waals surface area contributed by atoms with Crippen molar-refractivity contribution in [2.24, 2.45) is 5.10 Å². The number of sulfonamides is 1. The highest BCUT2D eigenvalue weighted by Gasteiger charge is 2.27. The van der Waals surface area contributed by atoms with Gasteiger partial charge in [0.1, 0.15) is 6.54 Å². The van der Waals surface area contributed by atoms with Crippen LogP contribution < -0.4 is 9.73 Å². The molecular weight excluding hydrogens is 508 g/mol. The van der Waals surface area contributed by atoms with E-state index in [1.54, 1.807) is 36.5 Å². The minimum absolute atomic E-state index is 0.110. The fraction of sp³-hybridized carbons (Fsp3) is 0.226. The summed E-state index contributed by atoms with van der Waals surface area (Å²) in [4.78, 5) is 13.1. The molecule has 0 saturated carbocycles. The quantitative estimate of drug-likeness (QED) is 0.230. The molecule has 0 atom stereocenters. The van der Waals surface area contributed by atoms with Crippen LogP contribution in [-0.4, -0.2) is 31.7 Å². The SMILES string of the molecule is Cc1cc(C)cc(-n2c(C)cc(/C=N/NC(=O)CN(c3ccc(C)c(C)c3)S(=O)(=O)c3ccccc3)c2C)c1. The van der Waals surface area contributed by atoms with Gasteiger partial charge in [-0.15, -0.1) is 0 Å². The standard InChI is InChI=1S/C31H34N4O3S/c1-21-14-22(2)16-29(15-21)35-25(5)18-27(26(35)6)19-32-33-31(36)20-34(28-13-12-23(3)24(4)17-28)39(37,38)30-10-8-7-9-11-30/h7-19H,20H2,1-6H3,(H,33,36)/b32-19+. The summed E-state index contributed by atoms with van der Waals surface area (Å²) in [7, 11) is -3.99. The molecule has 4 aromatic rings. The first-order valence-electron chi connectivity index (χ1n) is 12.7. The van der Waals surface area contributed by atoms with Gasteiger partial charge < -0.3 is 4.57 Å². The molecule has 8 heteroatoms. The van der Waals surface area contributed by atoms with Crippen LogP contribution in [0.5, 0.6) is 0 Å². The second-order valence-electron chi connectivity index (χ2n) is 9.89. The largest absolute Gasteiger partial charge is 0.318 e. The van der Waals surface area contributed by atoms with E-state index in [2.05, 4.69) is 47.1 Å². The Morgan fingerprint density at radius 2 is 1.54 bits per heavy atom. The van der Waals surface area contributed by atoms with Crippen LogP contribution in [0.3, 0.4) is 0 Å². The zero-order valence-corrected chi connectivity index (χ0v) is 24.0. The first-order valence-corrected chi connectivity index (χ1v) is 14.2. The highest BCUT2D eigenvalue weighted by Crippen LogP contribution is 2.26. The molecule has 39 heavy (non-hydrogen) atoms. The summed E-state index contributed by atoms with van der Waals surface area (Å²) in [6.45, 7) is 11.6. The topological polar surface area (TPSA) is 83.8 Å². The maximum Gasteiger partial charge on any atom is 0.264 e. The number of rotatable bonds is 8. The second kappa shape index (κ2) is 11.3. The third kappa shape index (κ3) is 6.12. The molecule has 4 rings (SSSR count). The van der Waals surface area contributed by atoms with Crippen molar-refractivity contribution < 1.29 is 13.2 Å². The molecule has 3 aromatic carbocycles.